The Hall–Kier alpha value is -2.82. The van der Waals surface area contributed by atoms with E-state index in [4.69, 9.17) is 4.74 Å². The minimum absolute atomic E-state index is 0.0159. The summed E-state index contributed by atoms with van der Waals surface area (Å²) in [6.07, 6.45) is 0. The lowest BCUT2D eigenvalue weighted by atomic mass is 9.87. The standard InChI is InChI=1S/C24H30N2O3/c1-5-25(6-2)24(28)21-16-26(23(27)18-12-8-7-11-17(18)3)15-20(21)19-13-9-10-14-22(19)29-4/h7-14,20-21H,5-6,15-16H2,1-4H3. The van der Waals surface area contributed by atoms with E-state index in [1.807, 2.05) is 79.1 Å². The van der Waals surface area contributed by atoms with Gasteiger partial charge in [0, 0.05) is 37.7 Å². The molecule has 2 aromatic rings. The van der Waals surface area contributed by atoms with Crippen LogP contribution in [-0.4, -0.2) is 54.9 Å². The van der Waals surface area contributed by atoms with Crippen LogP contribution in [0.25, 0.3) is 0 Å². The predicted octanol–water partition coefficient (Wildman–Crippen LogP) is 3.73. The summed E-state index contributed by atoms with van der Waals surface area (Å²) in [7, 11) is 1.64. The molecule has 2 amide bonds. The molecule has 0 bridgehead atoms. The van der Waals surface area contributed by atoms with Crippen LogP contribution in [0.2, 0.25) is 0 Å². The minimum Gasteiger partial charge on any atom is -0.496 e. The fourth-order valence-electron chi connectivity index (χ4n) is 4.26. The molecular formula is C24H30N2O3. The first kappa shape index (κ1) is 20.9. The second-order valence-corrected chi connectivity index (χ2v) is 7.49. The number of nitrogens with zero attached hydrogens (tertiary/aromatic N) is 2. The molecule has 1 fully saturated rings. The van der Waals surface area contributed by atoms with Gasteiger partial charge in [0.05, 0.1) is 13.0 Å². The summed E-state index contributed by atoms with van der Waals surface area (Å²) in [6.45, 7) is 8.18. The van der Waals surface area contributed by atoms with Gasteiger partial charge in [0.2, 0.25) is 5.91 Å². The quantitative estimate of drug-likeness (QED) is 0.750. The van der Waals surface area contributed by atoms with Crippen LogP contribution in [0.4, 0.5) is 0 Å². The summed E-state index contributed by atoms with van der Waals surface area (Å²) < 4.78 is 5.57. The predicted molar refractivity (Wildman–Crippen MR) is 114 cm³/mol. The van der Waals surface area contributed by atoms with E-state index in [9.17, 15) is 9.59 Å². The average Bonchev–Trinajstić information content (AvgIpc) is 3.19. The number of carbonyl (C=O) groups excluding carboxylic acids is 2. The fraction of sp³-hybridized carbons (Fsp3) is 0.417. The van der Waals surface area contributed by atoms with Crippen LogP contribution in [0.15, 0.2) is 48.5 Å². The third-order valence-corrected chi connectivity index (χ3v) is 5.91. The van der Waals surface area contributed by atoms with Crippen LogP contribution in [0, 0.1) is 12.8 Å². The van der Waals surface area contributed by atoms with Crippen molar-refractivity contribution in [1.29, 1.82) is 0 Å². The number of ether oxygens (including phenoxy) is 1. The van der Waals surface area contributed by atoms with Gasteiger partial charge in [0.25, 0.3) is 5.91 Å². The van der Waals surface area contributed by atoms with Crippen LogP contribution in [-0.2, 0) is 4.79 Å². The Morgan fingerprint density at radius 1 is 1.03 bits per heavy atom. The molecule has 0 aliphatic carbocycles. The van der Waals surface area contributed by atoms with Crippen molar-refractivity contribution in [3.63, 3.8) is 0 Å². The number of hydrogen-bond acceptors (Lipinski definition) is 3. The first-order valence-corrected chi connectivity index (χ1v) is 10.3. The number of methoxy groups -OCH3 is 1. The molecule has 0 saturated carbocycles. The van der Waals surface area contributed by atoms with Gasteiger partial charge in [-0.2, -0.15) is 0 Å². The van der Waals surface area contributed by atoms with Crippen molar-refractivity contribution in [2.24, 2.45) is 5.92 Å². The van der Waals surface area contributed by atoms with E-state index in [0.29, 0.717) is 31.7 Å². The highest BCUT2D eigenvalue weighted by atomic mass is 16.5. The van der Waals surface area contributed by atoms with Gasteiger partial charge in [-0.05, 0) is 44.0 Å². The molecule has 3 rings (SSSR count). The number of amides is 2. The molecule has 1 aliphatic heterocycles. The SMILES string of the molecule is CCN(CC)C(=O)C1CN(C(=O)c2ccccc2C)CC1c1ccccc1OC. The lowest BCUT2D eigenvalue weighted by Gasteiger charge is -2.26. The largest absolute Gasteiger partial charge is 0.496 e. The normalized spacial score (nSPS) is 18.6. The van der Waals surface area contributed by atoms with Crippen LogP contribution >= 0.6 is 0 Å². The number of benzene rings is 2. The van der Waals surface area contributed by atoms with Crippen LogP contribution in [0.3, 0.4) is 0 Å². The van der Waals surface area contributed by atoms with E-state index < -0.39 is 0 Å². The molecule has 5 nitrogen and oxygen atoms in total. The van der Waals surface area contributed by atoms with E-state index in [-0.39, 0.29) is 23.7 Å². The van der Waals surface area contributed by atoms with Gasteiger partial charge >= 0.3 is 0 Å². The second-order valence-electron chi connectivity index (χ2n) is 7.49. The number of hydrogen-bond donors (Lipinski definition) is 0. The minimum atomic E-state index is -0.279. The number of rotatable bonds is 6. The van der Waals surface area contributed by atoms with Crippen LogP contribution in [0.5, 0.6) is 5.75 Å². The molecule has 2 unspecified atom stereocenters. The highest BCUT2D eigenvalue weighted by Gasteiger charge is 2.43. The molecule has 1 heterocycles. The van der Waals surface area contributed by atoms with Gasteiger partial charge in [-0.1, -0.05) is 36.4 Å². The molecule has 2 aromatic carbocycles. The first-order chi connectivity index (χ1) is 14.0. The van der Waals surface area contributed by atoms with E-state index in [1.54, 1.807) is 7.11 Å². The Morgan fingerprint density at radius 2 is 1.69 bits per heavy atom. The van der Waals surface area contributed by atoms with E-state index in [0.717, 1.165) is 16.9 Å². The summed E-state index contributed by atoms with van der Waals surface area (Å²) in [5, 5.41) is 0. The van der Waals surface area contributed by atoms with Gasteiger partial charge in [0.1, 0.15) is 5.75 Å². The Morgan fingerprint density at radius 3 is 2.34 bits per heavy atom. The summed E-state index contributed by atoms with van der Waals surface area (Å²) in [6, 6.07) is 15.4. The van der Waals surface area contributed by atoms with Crippen molar-refractivity contribution in [2.75, 3.05) is 33.3 Å². The van der Waals surface area contributed by atoms with Gasteiger partial charge < -0.3 is 14.5 Å². The van der Waals surface area contributed by atoms with Crippen molar-refractivity contribution >= 4 is 11.8 Å². The van der Waals surface area contributed by atoms with Gasteiger partial charge in [-0.15, -0.1) is 0 Å². The fourth-order valence-corrected chi connectivity index (χ4v) is 4.26. The molecule has 154 valence electrons. The van der Waals surface area contributed by atoms with Crippen LogP contribution < -0.4 is 4.74 Å². The molecule has 1 aliphatic rings. The molecule has 29 heavy (non-hydrogen) atoms. The summed E-state index contributed by atoms with van der Waals surface area (Å²) in [5.74, 6) is 0.482. The lowest BCUT2D eigenvalue weighted by Crippen LogP contribution is -2.39. The third-order valence-electron chi connectivity index (χ3n) is 5.91. The first-order valence-electron chi connectivity index (χ1n) is 10.3. The zero-order valence-corrected chi connectivity index (χ0v) is 17.7. The van der Waals surface area contributed by atoms with Gasteiger partial charge in [-0.25, -0.2) is 0 Å². The van der Waals surface area contributed by atoms with E-state index in [2.05, 4.69) is 0 Å². The summed E-state index contributed by atoms with van der Waals surface area (Å²) in [5.41, 5.74) is 2.63. The zero-order valence-electron chi connectivity index (χ0n) is 17.7. The molecule has 0 N–H and O–H groups in total. The smallest absolute Gasteiger partial charge is 0.254 e. The summed E-state index contributed by atoms with van der Waals surface area (Å²) >= 11 is 0. The van der Waals surface area contributed by atoms with Gasteiger partial charge in [-0.3, -0.25) is 9.59 Å². The maximum atomic E-state index is 13.3. The Labute approximate surface area is 173 Å². The van der Waals surface area contributed by atoms with Crippen molar-refractivity contribution < 1.29 is 14.3 Å². The maximum absolute atomic E-state index is 13.3. The van der Waals surface area contributed by atoms with Crippen molar-refractivity contribution in [3.05, 3.63) is 65.2 Å². The zero-order chi connectivity index (χ0) is 21.0. The molecular weight excluding hydrogens is 364 g/mol. The lowest BCUT2D eigenvalue weighted by molar-refractivity contribution is -0.135. The summed E-state index contributed by atoms with van der Waals surface area (Å²) in [4.78, 5) is 30.2. The number of para-hydroxylation sites is 1. The number of aryl methyl sites for hydroxylation is 1. The topological polar surface area (TPSA) is 49.9 Å². The second kappa shape index (κ2) is 9.12. The van der Waals surface area contributed by atoms with Crippen molar-refractivity contribution in [3.8, 4) is 5.75 Å². The third kappa shape index (κ3) is 4.14. The molecule has 5 heteroatoms. The Bertz CT molecular complexity index is 876. The molecule has 1 saturated heterocycles. The Balaban J connectivity index is 1.97. The maximum Gasteiger partial charge on any atom is 0.254 e. The molecule has 0 radical (unpaired) electrons. The number of likely N-dealkylation sites (tertiary alicyclic amines) is 1. The van der Waals surface area contributed by atoms with Crippen molar-refractivity contribution in [2.45, 2.75) is 26.7 Å². The molecule has 2 atom stereocenters. The van der Waals surface area contributed by atoms with Gasteiger partial charge in [0.15, 0.2) is 0 Å². The molecule has 0 aromatic heterocycles. The highest BCUT2D eigenvalue weighted by Crippen LogP contribution is 2.39. The van der Waals surface area contributed by atoms with Crippen LogP contribution in [0.1, 0.15) is 41.3 Å². The number of carbonyl (C=O) groups is 2. The monoisotopic (exact) mass is 394 g/mol. The molecule has 0 spiro atoms. The highest BCUT2D eigenvalue weighted by molar-refractivity contribution is 5.96. The van der Waals surface area contributed by atoms with E-state index >= 15 is 0 Å². The Kier molecular flexibility index (Phi) is 6.57. The average molecular weight is 395 g/mol. The van der Waals surface area contributed by atoms with Crippen molar-refractivity contribution in [1.82, 2.24) is 9.80 Å². The van der Waals surface area contributed by atoms with E-state index in [1.165, 1.54) is 0 Å².